The van der Waals surface area contributed by atoms with E-state index in [1.807, 2.05) is 0 Å². The first-order valence-corrected chi connectivity index (χ1v) is 11.1. The van der Waals surface area contributed by atoms with Crippen LogP contribution >= 0.6 is 23.4 Å². The Labute approximate surface area is 174 Å². The number of allylic oxidation sites excluding steroid dienone is 2. The highest BCUT2D eigenvalue weighted by molar-refractivity contribution is 8.00. The fraction of sp³-hybridized carbons (Fsp3) is 0.348. The quantitative estimate of drug-likeness (QED) is 0.351. The van der Waals surface area contributed by atoms with Gasteiger partial charge in [-0.2, -0.15) is 5.26 Å². The molecule has 28 heavy (non-hydrogen) atoms. The molecule has 0 spiro atoms. The van der Waals surface area contributed by atoms with Crippen molar-refractivity contribution in [1.29, 1.82) is 5.26 Å². The van der Waals surface area contributed by atoms with Gasteiger partial charge in [-0.05, 0) is 79.8 Å². The van der Waals surface area contributed by atoms with E-state index >= 15 is 0 Å². The third-order valence-electron chi connectivity index (χ3n) is 5.53. The molecule has 5 heteroatoms. The number of pyridine rings is 1. The second kappa shape index (κ2) is 8.51. The second-order valence-corrected chi connectivity index (χ2v) is 8.70. The van der Waals surface area contributed by atoms with E-state index in [1.165, 1.54) is 22.9 Å². The summed E-state index contributed by atoms with van der Waals surface area (Å²) in [6.45, 7) is 0. The second-order valence-electron chi connectivity index (χ2n) is 7.30. The number of aromatic nitrogens is 1. The van der Waals surface area contributed by atoms with Crippen molar-refractivity contribution in [3.63, 3.8) is 0 Å². The Morgan fingerprint density at radius 1 is 1.25 bits per heavy atom. The molecule has 142 valence electrons. The molecule has 3 nitrogen and oxygen atoms in total. The standard InChI is InChI=1S/C23H21ClN2OS/c24-17-11-9-15(10-12-17)21(27)14-28-23-19(13-25)22(16-5-2-1-3-6-16)18-7-4-8-20(18)26-23/h1-2,9-12,16H,3-8,14H2/t16-/m0/s1. The molecular weight excluding hydrogens is 388 g/mol. The minimum Gasteiger partial charge on any atom is -0.293 e. The number of nitriles is 1. The lowest BCUT2D eigenvalue weighted by Gasteiger charge is -2.23. The van der Waals surface area contributed by atoms with E-state index in [0.29, 0.717) is 22.1 Å². The van der Waals surface area contributed by atoms with Gasteiger partial charge in [0, 0.05) is 16.3 Å². The van der Waals surface area contributed by atoms with Crippen LogP contribution in [0.25, 0.3) is 0 Å². The molecule has 1 heterocycles. The molecule has 0 aliphatic heterocycles. The largest absolute Gasteiger partial charge is 0.293 e. The summed E-state index contributed by atoms with van der Waals surface area (Å²) < 4.78 is 0. The summed E-state index contributed by atoms with van der Waals surface area (Å²) in [6, 6.07) is 9.36. The molecule has 0 bridgehead atoms. The number of benzene rings is 1. The maximum atomic E-state index is 12.6. The lowest BCUT2D eigenvalue weighted by molar-refractivity contribution is 0.102. The minimum absolute atomic E-state index is 0.0232. The number of ketones is 1. The number of hydrogen-bond acceptors (Lipinski definition) is 4. The van der Waals surface area contributed by atoms with Crippen LogP contribution in [-0.2, 0) is 12.8 Å². The van der Waals surface area contributed by atoms with Crippen LogP contribution in [0.1, 0.15) is 64.3 Å². The third kappa shape index (κ3) is 3.87. The van der Waals surface area contributed by atoms with E-state index in [1.54, 1.807) is 24.3 Å². The van der Waals surface area contributed by atoms with Gasteiger partial charge in [0.2, 0.25) is 0 Å². The van der Waals surface area contributed by atoms with E-state index in [2.05, 4.69) is 18.2 Å². The number of rotatable bonds is 5. The normalized spacial score (nSPS) is 17.9. The maximum absolute atomic E-state index is 12.6. The summed E-state index contributed by atoms with van der Waals surface area (Å²) in [5, 5.41) is 11.3. The molecule has 0 amide bonds. The Kier molecular flexibility index (Phi) is 5.85. The fourth-order valence-corrected chi connectivity index (χ4v) is 5.19. The summed E-state index contributed by atoms with van der Waals surface area (Å²) >= 11 is 7.30. The van der Waals surface area contributed by atoms with Crippen molar-refractivity contribution in [1.82, 2.24) is 4.98 Å². The fourth-order valence-electron chi connectivity index (χ4n) is 4.16. The van der Waals surface area contributed by atoms with Gasteiger partial charge in [0.25, 0.3) is 0 Å². The number of hydrogen-bond donors (Lipinski definition) is 0. The van der Waals surface area contributed by atoms with Crippen molar-refractivity contribution < 1.29 is 4.79 Å². The first-order chi connectivity index (χ1) is 13.7. The molecule has 0 saturated heterocycles. The van der Waals surface area contributed by atoms with Crippen molar-refractivity contribution in [2.24, 2.45) is 0 Å². The van der Waals surface area contributed by atoms with Crippen molar-refractivity contribution >= 4 is 29.1 Å². The number of halogens is 1. The Bertz CT molecular complexity index is 976. The van der Waals surface area contributed by atoms with Gasteiger partial charge in [-0.1, -0.05) is 35.5 Å². The van der Waals surface area contributed by atoms with E-state index in [-0.39, 0.29) is 11.5 Å². The Morgan fingerprint density at radius 3 is 2.79 bits per heavy atom. The average Bonchev–Trinajstić information content (AvgIpc) is 3.20. The topological polar surface area (TPSA) is 53.8 Å². The smallest absolute Gasteiger partial charge is 0.173 e. The van der Waals surface area contributed by atoms with Crippen LogP contribution in [0, 0.1) is 11.3 Å². The van der Waals surface area contributed by atoms with E-state index < -0.39 is 0 Å². The Balaban J connectivity index is 1.63. The van der Waals surface area contributed by atoms with Gasteiger partial charge in [0.15, 0.2) is 5.78 Å². The van der Waals surface area contributed by atoms with Crippen LogP contribution in [0.4, 0.5) is 0 Å². The van der Waals surface area contributed by atoms with Gasteiger partial charge in [0.1, 0.15) is 11.1 Å². The SMILES string of the molecule is N#Cc1c(SCC(=O)c2ccc(Cl)cc2)nc2c(c1[C@H]1CC=CCC1)CCC2. The van der Waals surface area contributed by atoms with Gasteiger partial charge < -0.3 is 0 Å². The van der Waals surface area contributed by atoms with Gasteiger partial charge in [-0.3, -0.25) is 4.79 Å². The van der Waals surface area contributed by atoms with Crippen LogP contribution in [0.3, 0.4) is 0 Å². The van der Waals surface area contributed by atoms with Crippen molar-refractivity contribution in [3.8, 4) is 6.07 Å². The van der Waals surface area contributed by atoms with Crippen LogP contribution in [0.2, 0.25) is 5.02 Å². The number of nitrogens with zero attached hydrogens (tertiary/aromatic N) is 2. The lowest BCUT2D eigenvalue weighted by atomic mass is 9.83. The zero-order valence-corrected chi connectivity index (χ0v) is 17.2. The third-order valence-corrected chi connectivity index (χ3v) is 6.76. The monoisotopic (exact) mass is 408 g/mol. The minimum atomic E-state index is 0.0232. The van der Waals surface area contributed by atoms with Crippen LogP contribution in [-0.4, -0.2) is 16.5 Å². The molecule has 1 aromatic carbocycles. The molecule has 1 atom stereocenters. The first kappa shape index (κ1) is 19.2. The van der Waals surface area contributed by atoms with E-state index in [0.717, 1.165) is 49.2 Å². The number of thioether (sulfide) groups is 1. The molecule has 2 aromatic rings. The molecule has 0 fully saturated rings. The van der Waals surface area contributed by atoms with Gasteiger partial charge in [-0.15, -0.1) is 0 Å². The summed E-state index contributed by atoms with van der Waals surface area (Å²) in [5.74, 6) is 0.683. The van der Waals surface area contributed by atoms with Crippen molar-refractivity contribution in [2.75, 3.05) is 5.75 Å². The van der Waals surface area contributed by atoms with Crippen molar-refractivity contribution in [2.45, 2.75) is 49.5 Å². The molecule has 0 saturated carbocycles. The lowest BCUT2D eigenvalue weighted by Crippen LogP contribution is -2.11. The number of Topliss-reactive ketones (excluding diaryl/α,β-unsaturated/α-hetero) is 1. The molecule has 0 N–H and O–H groups in total. The van der Waals surface area contributed by atoms with E-state index in [4.69, 9.17) is 16.6 Å². The zero-order valence-electron chi connectivity index (χ0n) is 15.6. The zero-order chi connectivity index (χ0) is 19.5. The highest BCUT2D eigenvalue weighted by atomic mass is 35.5. The summed E-state index contributed by atoms with van der Waals surface area (Å²) in [6.07, 6.45) is 10.7. The highest BCUT2D eigenvalue weighted by Gasteiger charge is 2.28. The molecule has 0 unspecified atom stereocenters. The maximum Gasteiger partial charge on any atom is 0.173 e. The molecule has 1 aromatic heterocycles. The first-order valence-electron chi connectivity index (χ1n) is 9.69. The van der Waals surface area contributed by atoms with Crippen LogP contribution in [0.5, 0.6) is 0 Å². The van der Waals surface area contributed by atoms with Crippen LogP contribution < -0.4 is 0 Å². The number of aryl methyl sites for hydroxylation is 1. The molecule has 0 radical (unpaired) electrons. The summed E-state index contributed by atoms with van der Waals surface area (Å²) in [5.41, 5.74) is 4.95. The van der Waals surface area contributed by atoms with Gasteiger partial charge in [-0.25, -0.2) is 4.98 Å². The highest BCUT2D eigenvalue weighted by Crippen LogP contribution is 2.40. The summed E-state index contributed by atoms with van der Waals surface area (Å²) in [4.78, 5) is 17.4. The van der Waals surface area contributed by atoms with Gasteiger partial charge in [0.05, 0.1) is 11.3 Å². The number of fused-ring (bicyclic) bond motifs is 1. The molecule has 2 aliphatic rings. The Hall–Kier alpha value is -2.09. The average molecular weight is 409 g/mol. The molecule has 4 rings (SSSR count). The van der Waals surface area contributed by atoms with Crippen LogP contribution in [0.15, 0.2) is 41.4 Å². The number of carbonyl (C=O) groups excluding carboxylic acids is 1. The van der Waals surface area contributed by atoms with E-state index in [9.17, 15) is 10.1 Å². The van der Waals surface area contributed by atoms with Crippen molar-refractivity contribution in [3.05, 3.63) is 69.4 Å². The molecular formula is C23H21ClN2OS. The predicted octanol–water partition coefficient (Wildman–Crippen LogP) is 5.89. The van der Waals surface area contributed by atoms with Gasteiger partial charge >= 0.3 is 0 Å². The number of carbonyl (C=O) groups is 1. The summed E-state index contributed by atoms with van der Waals surface area (Å²) in [7, 11) is 0. The predicted molar refractivity (Wildman–Crippen MR) is 113 cm³/mol. The Morgan fingerprint density at radius 2 is 2.07 bits per heavy atom. The molecule has 2 aliphatic carbocycles.